The molecule has 0 radical (unpaired) electrons. The minimum atomic E-state index is -4.86. The first-order valence-corrected chi connectivity index (χ1v) is 10.8. The number of aromatic nitrogens is 1. The zero-order valence-corrected chi connectivity index (χ0v) is 17.0. The van der Waals surface area contributed by atoms with Crippen LogP contribution < -0.4 is 14.8 Å². The van der Waals surface area contributed by atoms with Gasteiger partial charge in [-0.3, -0.25) is 4.79 Å². The lowest BCUT2D eigenvalue weighted by atomic mass is 10.2. The van der Waals surface area contributed by atoms with E-state index in [2.05, 4.69) is 14.8 Å². The van der Waals surface area contributed by atoms with E-state index in [1.807, 2.05) is 41.1 Å². The van der Waals surface area contributed by atoms with Crippen molar-refractivity contribution in [1.29, 1.82) is 0 Å². The molecule has 2 N–H and O–H groups in total. The van der Waals surface area contributed by atoms with E-state index in [1.165, 1.54) is 0 Å². The molecular formula is C20H20F3N3O4S. The lowest BCUT2D eigenvalue weighted by molar-refractivity contribution is -0.274. The number of nitrogens with one attached hydrogen (secondary N) is 2. The highest BCUT2D eigenvalue weighted by atomic mass is 32.2. The summed E-state index contributed by atoms with van der Waals surface area (Å²) < 4.78 is 68.8. The van der Waals surface area contributed by atoms with Gasteiger partial charge in [0.25, 0.3) is 0 Å². The summed E-state index contributed by atoms with van der Waals surface area (Å²) in [4.78, 5) is 11.8. The number of aryl methyl sites for hydroxylation is 1. The van der Waals surface area contributed by atoms with E-state index in [1.54, 1.807) is 0 Å². The predicted molar refractivity (Wildman–Crippen MR) is 108 cm³/mol. The Balaban J connectivity index is 1.42. The second-order valence-electron chi connectivity index (χ2n) is 6.58. The largest absolute Gasteiger partial charge is 0.573 e. The van der Waals surface area contributed by atoms with Crippen molar-refractivity contribution >= 4 is 26.8 Å². The Kier molecular flexibility index (Phi) is 6.86. The number of ether oxygens (including phenoxy) is 1. The van der Waals surface area contributed by atoms with E-state index >= 15 is 0 Å². The van der Waals surface area contributed by atoms with Gasteiger partial charge in [0.1, 0.15) is 5.75 Å². The molecule has 0 fully saturated rings. The lowest BCUT2D eigenvalue weighted by Crippen LogP contribution is -2.35. The number of para-hydroxylation sites is 1. The summed E-state index contributed by atoms with van der Waals surface area (Å²) in [5.74, 6) is -0.750. The number of hydrogen-bond acceptors (Lipinski definition) is 4. The van der Waals surface area contributed by atoms with Gasteiger partial charge >= 0.3 is 6.36 Å². The van der Waals surface area contributed by atoms with Crippen molar-refractivity contribution in [3.05, 3.63) is 60.8 Å². The minimum Gasteiger partial charge on any atom is -0.406 e. The third kappa shape index (κ3) is 6.46. The zero-order valence-electron chi connectivity index (χ0n) is 16.2. The number of halogens is 3. The van der Waals surface area contributed by atoms with Crippen LogP contribution in [0.15, 0.2) is 65.7 Å². The Bertz CT molecular complexity index is 1140. The highest BCUT2D eigenvalue weighted by Crippen LogP contribution is 2.23. The molecule has 0 bridgehead atoms. The van der Waals surface area contributed by atoms with Crippen LogP contribution in [0.25, 0.3) is 10.9 Å². The third-order valence-corrected chi connectivity index (χ3v) is 5.84. The number of nitrogens with zero attached hydrogens (tertiary/aromatic N) is 1. The first-order valence-electron chi connectivity index (χ1n) is 9.30. The number of benzene rings is 2. The molecule has 3 rings (SSSR count). The number of alkyl halides is 3. The molecule has 11 heteroatoms. The van der Waals surface area contributed by atoms with E-state index in [0.29, 0.717) is 6.54 Å². The monoisotopic (exact) mass is 455 g/mol. The fourth-order valence-corrected chi connectivity index (χ4v) is 3.97. The lowest BCUT2D eigenvalue weighted by Gasteiger charge is -2.11. The average Bonchev–Trinajstić information content (AvgIpc) is 3.12. The van der Waals surface area contributed by atoms with Crippen molar-refractivity contribution in [2.75, 3.05) is 13.1 Å². The molecule has 1 amide bonds. The molecule has 1 heterocycles. The second kappa shape index (κ2) is 9.40. The van der Waals surface area contributed by atoms with Gasteiger partial charge in [-0.1, -0.05) is 18.2 Å². The Morgan fingerprint density at radius 1 is 1.00 bits per heavy atom. The third-order valence-electron chi connectivity index (χ3n) is 4.37. The SMILES string of the molecule is O=C(CCn1ccc2ccccc21)NCCNS(=O)(=O)c1ccc(OC(F)(F)F)cc1. The van der Waals surface area contributed by atoms with E-state index in [0.717, 1.165) is 35.2 Å². The maximum Gasteiger partial charge on any atom is 0.573 e. The van der Waals surface area contributed by atoms with Gasteiger partial charge in [0, 0.05) is 37.8 Å². The van der Waals surface area contributed by atoms with Crippen LogP contribution in [0.3, 0.4) is 0 Å². The first-order chi connectivity index (χ1) is 14.6. The van der Waals surface area contributed by atoms with E-state index in [4.69, 9.17) is 0 Å². The quantitative estimate of drug-likeness (QED) is 0.486. The molecule has 1 aromatic heterocycles. The van der Waals surface area contributed by atoms with Gasteiger partial charge in [-0.25, -0.2) is 13.1 Å². The Labute approximate surface area is 176 Å². The van der Waals surface area contributed by atoms with Crippen molar-refractivity contribution in [2.24, 2.45) is 0 Å². The Morgan fingerprint density at radius 2 is 1.71 bits per heavy atom. The number of carbonyl (C=O) groups excluding carboxylic acids is 1. The van der Waals surface area contributed by atoms with Crippen LogP contribution in [-0.2, 0) is 21.4 Å². The van der Waals surface area contributed by atoms with Crippen molar-refractivity contribution in [1.82, 2.24) is 14.6 Å². The Hall–Kier alpha value is -3.05. The maximum absolute atomic E-state index is 12.2. The maximum atomic E-state index is 12.2. The predicted octanol–water partition coefficient (Wildman–Crippen LogP) is 3.02. The molecule has 0 aliphatic rings. The van der Waals surface area contributed by atoms with Crippen LogP contribution in [0.2, 0.25) is 0 Å². The van der Waals surface area contributed by atoms with Crippen LogP contribution in [0.1, 0.15) is 6.42 Å². The zero-order chi connectivity index (χ0) is 22.5. The van der Waals surface area contributed by atoms with Crippen molar-refractivity contribution < 1.29 is 31.1 Å². The second-order valence-corrected chi connectivity index (χ2v) is 8.35. The molecular weight excluding hydrogens is 435 g/mol. The number of fused-ring (bicyclic) bond motifs is 1. The van der Waals surface area contributed by atoms with E-state index in [-0.39, 0.29) is 30.3 Å². The van der Waals surface area contributed by atoms with Crippen LogP contribution in [-0.4, -0.2) is 38.3 Å². The van der Waals surface area contributed by atoms with Gasteiger partial charge in [-0.15, -0.1) is 13.2 Å². The van der Waals surface area contributed by atoms with Crippen LogP contribution in [0.5, 0.6) is 5.75 Å². The van der Waals surface area contributed by atoms with Crippen molar-refractivity contribution in [3.63, 3.8) is 0 Å². The van der Waals surface area contributed by atoms with Gasteiger partial charge in [-0.05, 0) is 41.8 Å². The molecule has 166 valence electrons. The molecule has 0 aliphatic heterocycles. The molecule has 0 spiro atoms. The summed E-state index contributed by atoms with van der Waals surface area (Å²) in [6.07, 6.45) is -2.73. The van der Waals surface area contributed by atoms with Crippen molar-refractivity contribution in [2.45, 2.75) is 24.2 Å². The summed E-state index contributed by atoms with van der Waals surface area (Å²) >= 11 is 0. The summed E-state index contributed by atoms with van der Waals surface area (Å²) in [6.45, 7) is 0.485. The van der Waals surface area contributed by atoms with Gasteiger partial charge < -0.3 is 14.6 Å². The molecule has 7 nitrogen and oxygen atoms in total. The van der Waals surface area contributed by atoms with E-state index < -0.39 is 22.1 Å². The van der Waals surface area contributed by atoms with Crippen molar-refractivity contribution in [3.8, 4) is 5.75 Å². The number of carbonyl (C=O) groups is 1. The van der Waals surface area contributed by atoms with E-state index in [9.17, 15) is 26.4 Å². The number of sulfonamides is 1. The molecule has 31 heavy (non-hydrogen) atoms. The number of hydrogen-bond donors (Lipinski definition) is 2. The highest BCUT2D eigenvalue weighted by molar-refractivity contribution is 7.89. The molecule has 0 saturated carbocycles. The molecule has 0 aliphatic carbocycles. The molecule has 3 aromatic rings. The minimum absolute atomic E-state index is 0.0681. The van der Waals surface area contributed by atoms with Gasteiger partial charge in [0.2, 0.25) is 15.9 Å². The first kappa shape index (κ1) is 22.6. The smallest absolute Gasteiger partial charge is 0.406 e. The van der Waals surface area contributed by atoms with Crippen LogP contribution >= 0.6 is 0 Å². The van der Waals surface area contributed by atoms with Crippen LogP contribution in [0, 0.1) is 0 Å². The summed E-state index contributed by atoms with van der Waals surface area (Å²) in [5, 5.41) is 3.71. The number of rotatable bonds is 9. The van der Waals surface area contributed by atoms with Gasteiger partial charge in [0.15, 0.2) is 0 Å². The number of amides is 1. The Morgan fingerprint density at radius 3 is 2.42 bits per heavy atom. The molecule has 2 aromatic carbocycles. The van der Waals surface area contributed by atoms with Crippen LogP contribution in [0.4, 0.5) is 13.2 Å². The molecule has 0 saturated heterocycles. The fourth-order valence-electron chi connectivity index (χ4n) is 2.94. The highest BCUT2D eigenvalue weighted by Gasteiger charge is 2.31. The molecule has 0 unspecified atom stereocenters. The standard InChI is InChI=1S/C20H20F3N3O4S/c21-20(22,23)30-16-5-7-17(8-6-16)31(28,29)25-12-11-24-19(27)10-14-26-13-9-15-3-1-2-4-18(15)26/h1-9,13,25H,10-12,14H2,(H,24,27). The van der Waals surface area contributed by atoms with Gasteiger partial charge in [0.05, 0.1) is 4.90 Å². The average molecular weight is 455 g/mol. The topological polar surface area (TPSA) is 89.4 Å². The summed E-state index contributed by atoms with van der Waals surface area (Å²) in [5.41, 5.74) is 1.02. The fraction of sp³-hybridized carbons (Fsp3) is 0.250. The normalized spacial score (nSPS) is 12.1. The van der Waals surface area contributed by atoms with Gasteiger partial charge in [-0.2, -0.15) is 0 Å². The molecule has 0 atom stereocenters. The summed E-state index contributed by atoms with van der Waals surface area (Å²) in [7, 11) is -3.93. The summed E-state index contributed by atoms with van der Waals surface area (Å²) in [6, 6.07) is 13.6.